The third kappa shape index (κ3) is 3.81. The third-order valence-electron chi connectivity index (χ3n) is 4.03. The zero-order valence-corrected chi connectivity index (χ0v) is 13.4. The molecule has 0 bridgehead atoms. The van der Waals surface area contributed by atoms with Crippen LogP contribution in [-0.2, 0) is 10.0 Å². The van der Waals surface area contributed by atoms with Crippen LogP contribution in [0.5, 0.6) is 0 Å². The van der Waals surface area contributed by atoms with E-state index in [2.05, 4.69) is 5.32 Å². The van der Waals surface area contributed by atoms with E-state index in [0.29, 0.717) is 24.6 Å². The Morgan fingerprint density at radius 3 is 2.57 bits per heavy atom. The molecule has 1 N–H and O–H groups in total. The average Bonchev–Trinajstić information content (AvgIpc) is 2.45. The zero-order chi connectivity index (χ0) is 15.5. The van der Waals surface area contributed by atoms with Crippen molar-refractivity contribution in [2.45, 2.75) is 31.6 Å². The summed E-state index contributed by atoms with van der Waals surface area (Å²) in [7, 11) is -3.55. The Hall–Kier alpha value is -0.980. The van der Waals surface area contributed by atoms with Crippen LogP contribution in [0.4, 0.5) is 4.39 Å². The molecule has 0 aliphatic carbocycles. The van der Waals surface area contributed by atoms with Crippen LogP contribution in [0.15, 0.2) is 23.1 Å². The summed E-state index contributed by atoms with van der Waals surface area (Å²) in [5.74, 6) is -0.0189. The first-order valence-electron chi connectivity index (χ1n) is 7.42. The average molecular weight is 314 g/mol. The van der Waals surface area contributed by atoms with Crippen LogP contribution >= 0.6 is 0 Å². The van der Waals surface area contributed by atoms with Gasteiger partial charge in [0.25, 0.3) is 0 Å². The number of aryl methyl sites for hydroxylation is 1. The molecule has 21 heavy (non-hydrogen) atoms. The van der Waals surface area contributed by atoms with Gasteiger partial charge in [-0.1, -0.05) is 6.92 Å². The number of nitrogens with zero attached hydrogens (tertiary/aromatic N) is 1. The van der Waals surface area contributed by atoms with Gasteiger partial charge in [0, 0.05) is 13.1 Å². The van der Waals surface area contributed by atoms with Gasteiger partial charge in [0.05, 0.1) is 4.90 Å². The van der Waals surface area contributed by atoms with Gasteiger partial charge in [0.1, 0.15) is 5.82 Å². The van der Waals surface area contributed by atoms with Crippen molar-refractivity contribution in [3.8, 4) is 0 Å². The van der Waals surface area contributed by atoms with Crippen molar-refractivity contribution in [1.82, 2.24) is 9.62 Å². The maximum atomic E-state index is 13.2. The van der Waals surface area contributed by atoms with E-state index >= 15 is 0 Å². The molecule has 1 saturated heterocycles. The van der Waals surface area contributed by atoms with Crippen molar-refractivity contribution in [3.05, 3.63) is 29.6 Å². The van der Waals surface area contributed by atoms with Crippen LogP contribution in [0, 0.1) is 18.7 Å². The van der Waals surface area contributed by atoms with Gasteiger partial charge in [-0.2, -0.15) is 4.31 Å². The lowest BCUT2D eigenvalue weighted by molar-refractivity contribution is 0.294. The molecule has 1 aliphatic heterocycles. The summed E-state index contributed by atoms with van der Waals surface area (Å²) in [6, 6.07) is 3.84. The van der Waals surface area contributed by atoms with Gasteiger partial charge in [-0.15, -0.1) is 0 Å². The fraction of sp³-hybridized carbons (Fsp3) is 0.600. The minimum absolute atomic E-state index is 0.208. The van der Waals surface area contributed by atoms with E-state index in [4.69, 9.17) is 0 Å². The topological polar surface area (TPSA) is 49.4 Å². The minimum atomic E-state index is -3.55. The molecule has 2 rings (SSSR count). The maximum Gasteiger partial charge on any atom is 0.243 e. The lowest BCUT2D eigenvalue weighted by Gasteiger charge is -2.29. The summed E-state index contributed by atoms with van der Waals surface area (Å²) in [5, 5.41) is 3.28. The van der Waals surface area contributed by atoms with E-state index in [9.17, 15) is 12.8 Å². The van der Waals surface area contributed by atoms with E-state index in [1.54, 1.807) is 6.92 Å². The van der Waals surface area contributed by atoms with Crippen LogP contribution in [-0.4, -0.2) is 38.9 Å². The first-order valence-corrected chi connectivity index (χ1v) is 8.86. The Bertz CT molecular complexity index is 583. The summed E-state index contributed by atoms with van der Waals surface area (Å²) >= 11 is 0. The van der Waals surface area contributed by atoms with Crippen LogP contribution in [0.1, 0.15) is 25.3 Å². The summed E-state index contributed by atoms with van der Waals surface area (Å²) in [5.41, 5.74) is 0.457. The van der Waals surface area contributed by atoms with Crippen LogP contribution in [0.25, 0.3) is 0 Å². The van der Waals surface area contributed by atoms with Crippen LogP contribution in [0.2, 0.25) is 0 Å². The van der Waals surface area contributed by atoms with Gasteiger partial charge in [-0.3, -0.25) is 0 Å². The summed E-state index contributed by atoms with van der Waals surface area (Å²) in [6.07, 6.45) is 1.99. The highest BCUT2D eigenvalue weighted by molar-refractivity contribution is 7.89. The summed E-state index contributed by atoms with van der Waals surface area (Å²) in [6.45, 7) is 6.34. The van der Waals surface area contributed by atoms with E-state index < -0.39 is 15.8 Å². The van der Waals surface area contributed by atoms with Crippen molar-refractivity contribution in [1.29, 1.82) is 0 Å². The Balaban J connectivity index is 2.22. The van der Waals surface area contributed by atoms with Gasteiger partial charge in [-0.25, -0.2) is 12.8 Å². The summed E-state index contributed by atoms with van der Waals surface area (Å²) in [4.78, 5) is 0.208. The molecule has 0 spiro atoms. The number of hydrogen-bond acceptors (Lipinski definition) is 3. The molecule has 0 saturated carbocycles. The number of sulfonamides is 1. The number of benzene rings is 1. The number of halogens is 1. The second-order valence-electron chi connectivity index (χ2n) is 5.56. The summed E-state index contributed by atoms with van der Waals surface area (Å²) < 4.78 is 40.2. The Morgan fingerprint density at radius 2 is 2.00 bits per heavy atom. The van der Waals surface area contributed by atoms with Gasteiger partial charge in [0.2, 0.25) is 10.0 Å². The van der Waals surface area contributed by atoms with Gasteiger partial charge in [0.15, 0.2) is 0 Å². The van der Waals surface area contributed by atoms with Crippen molar-refractivity contribution in [2.24, 2.45) is 5.92 Å². The highest BCUT2D eigenvalue weighted by atomic mass is 32.2. The molecular weight excluding hydrogens is 291 g/mol. The molecule has 0 radical (unpaired) electrons. The van der Waals surface area contributed by atoms with Crippen molar-refractivity contribution in [3.63, 3.8) is 0 Å². The van der Waals surface area contributed by atoms with E-state index in [1.807, 2.05) is 6.92 Å². The molecule has 0 atom stereocenters. The number of hydrogen-bond donors (Lipinski definition) is 1. The number of rotatable bonds is 5. The Kier molecular flexibility index (Phi) is 5.35. The maximum absolute atomic E-state index is 13.2. The molecule has 0 unspecified atom stereocenters. The fourth-order valence-corrected chi connectivity index (χ4v) is 4.52. The molecule has 6 heteroatoms. The minimum Gasteiger partial charge on any atom is -0.317 e. The van der Waals surface area contributed by atoms with E-state index in [1.165, 1.54) is 22.5 Å². The van der Waals surface area contributed by atoms with Gasteiger partial charge >= 0.3 is 0 Å². The van der Waals surface area contributed by atoms with E-state index in [-0.39, 0.29) is 4.90 Å². The largest absolute Gasteiger partial charge is 0.317 e. The predicted octanol–water partition coefficient (Wildman–Crippen LogP) is 2.14. The molecule has 1 aromatic rings. The molecular formula is C15H23FN2O2S. The standard InChI is InChI=1S/C15H23FN2O2S/c1-3-18(11-13-6-8-17-9-7-13)21(19,20)15-5-4-14(16)10-12(15)2/h4-5,10,13,17H,3,6-9,11H2,1-2H3. The molecule has 118 valence electrons. The lowest BCUT2D eigenvalue weighted by atomic mass is 9.98. The zero-order valence-electron chi connectivity index (χ0n) is 12.6. The third-order valence-corrected chi connectivity index (χ3v) is 6.13. The quantitative estimate of drug-likeness (QED) is 0.906. The molecule has 1 aliphatic rings. The molecule has 4 nitrogen and oxygen atoms in total. The first kappa shape index (κ1) is 16.4. The first-order chi connectivity index (χ1) is 9.95. The van der Waals surface area contributed by atoms with Crippen molar-refractivity contribution < 1.29 is 12.8 Å². The second kappa shape index (κ2) is 6.85. The molecule has 0 aromatic heterocycles. The highest BCUT2D eigenvalue weighted by Crippen LogP contribution is 2.23. The highest BCUT2D eigenvalue weighted by Gasteiger charge is 2.27. The normalized spacial score (nSPS) is 17.3. The van der Waals surface area contributed by atoms with Crippen molar-refractivity contribution in [2.75, 3.05) is 26.2 Å². The number of nitrogens with one attached hydrogen (secondary N) is 1. The second-order valence-corrected chi connectivity index (χ2v) is 7.47. The van der Waals surface area contributed by atoms with Crippen LogP contribution < -0.4 is 5.32 Å². The lowest BCUT2D eigenvalue weighted by Crippen LogP contribution is -2.39. The van der Waals surface area contributed by atoms with Crippen LogP contribution in [0.3, 0.4) is 0 Å². The molecule has 1 fully saturated rings. The molecule has 1 aromatic carbocycles. The van der Waals surface area contributed by atoms with Gasteiger partial charge < -0.3 is 5.32 Å². The number of piperidine rings is 1. The molecule has 1 heterocycles. The SMILES string of the molecule is CCN(CC1CCNCC1)S(=O)(=O)c1ccc(F)cc1C. The monoisotopic (exact) mass is 314 g/mol. The fourth-order valence-electron chi connectivity index (χ4n) is 2.79. The van der Waals surface area contributed by atoms with Crippen molar-refractivity contribution >= 4 is 10.0 Å². The molecule has 0 amide bonds. The van der Waals surface area contributed by atoms with E-state index in [0.717, 1.165) is 25.9 Å². The Morgan fingerprint density at radius 1 is 1.33 bits per heavy atom. The van der Waals surface area contributed by atoms with Gasteiger partial charge in [-0.05, 0) is 62.5 Å². The smallest absolute Gasteiger partial charge is 0.243 e. The Labute approximate surface area is 126 Å². The predicted molar refractivity (Wildman–Crippen MR) is 81.2 cm³/mol.